The Hall–Kier alpha value is -2.73. The number of alkyl halides is 1. The van der Waals surface area contributed by atoms with E-state index in [1.54, 1.807) is 0 Å². The van der Waals surface area contributed by atoms with Crippen molar-refractivity contribution in [1.29, 1.82) is 0 Å². The van der Waals surface area contributed by atoms with E-state index in [-0.39, 0.29) is 57.0 Å². The smallest absolute Gasteiger partial charge is 0.303 e. The summed E-state index contributed by atoms with van der Waals surface area (Å²) in [4.78, 5) is 33.2. The number of esters is 3. The molecule has 0 radical (unpaired) electrons. The lowest BCUT2D eigenvalue weighted by atomic mass is 10.3. The molecule has 2 atom stereocenters. The SMILES string of the molecule is CC(=O)OC[C@@H](COc1ccc(S(=O)(=O)c2ccc(OC[C@H](CCl)OC(C)=O)c(Cl)c2)cc1Cl)OC(C)=O. The molecule has 10 nitrogen and oxygen atoms in total. The van der Waals surface area contributed by atoms with E-state index in [9.17, 15) is 22.8 Å². The third-order valence-electron chi connectivity index (χ3n) is 4.59. The molecule has 0 saturated heterocycles. The van der Waals surface area contributed by atoms with Gasteiger partial charge < -0.3 is 23.7 Å². The molecule has 2 rings (SSSR count). The summed E-state index contributed by atoms with van der Waals surface area (Å²) in [6.07, 6.45) is -1.60. The van der Waals surface area contributed by atoms with Gasteiger partial charge in [0.1, 0.15) is 37.4 Å². The summed E-state index contributed by atoms with van der Waals surface area (Å²) in [5.74, 6) is -1.39. The topological polar surface area (TPSA) is 132 Å². The van der Waals surface area contributed by atoms with Crippen LogP contribution in [0.25, 0.3) is 0 Å². The third-order valence-corrected chi connectivity index (χ3v) is 7.27. The molecule has 14 heteroatoms. The average molecular weight is 612 g/mol. The van der Waals surface area contributed by atoms with Crippen molar-refractivity contribution in [2.75, 3.05) is 25.7 Å². The largest absolute Gasteiger partial charge is 0.488 e. The van der Waals surface area contributed by atoms with Gasteiger partial charge in [0.25, 0.3) is 0 Å². The van der Waals surface area contributed by atoms with Crippen LogP contribution in [0.3, 0.4) is 0 Å². The van der Waals surface area contributed by atoms with Crippen molar-refractivity contribution in [3.05, 3.63) is 46.4 Å². The maximum absolute atomic E-state index is 13.2. The number of carbonyl (C=O) groups is 3. The Bertz CT molecular complexity index is 1270. The molecule has 0 aliphatic heterocycles. The van der Waals surface area contributed by atoms with E-state index >= 15 is 0 Å². The Morgan fingerprint density at radius 1 is 0.737 bits per heavy atom. The third kappa shape index (κ3) is 9.54. The molecule has 0 aliphatic rings. The van der Waals surface area contributed by atoms with Crippen LogP contribution in [-0.2, 0) is 38.4 Å². The van der Waals surface area contributed by atoms with Crippen LogP contribution in [0.2, 0.25) is 10.0 Å². The molecule has 2 aromatic carbocycles. The molecular formula is C24H25Cl3O10S. The van der Waals surface area contributed by atoms with Crippen molar-refractivity contribution in [2.45, 2.75) is 42.8 Å². The van der Waals surface area contributed by atoms with E-state index < -0.39 is 40.0 Å². The van der Waals surface area contributed by atoms with Gasteiger partial charge in [-0.25, -0.2) is 8.42 Å². The van der Waals surface area contributed by atoms with Crippen LogP contribution in [0.5, 0.6) is 11.5 Å². The van der Waals surface area contributed by atoms with Crippen LogP contribution < -0.4 is 9.47 Å². The molecular weight excluding hydrogens is 587 g/mol. The van der Waals surface area contributed by atoms with Gasteiger partial charge in [0.15, 0.2) is 6.10 Å². The number of halogens is 3. The van der Waals surface area contributed by atoms with Gasteiger partial charge in [-0.3, -0.25) is 14.4 Å². The number of benzene rings is 2. The highest BCUT2D eigenvalue weighted by atomic mass is 35.5. The molecule has 0 saturated carbocycles. The van der Waals surface area contributed by atoms with Gasteiger partial charge in [0, 0.05) is 20.8 Å². The van der Waals surface area contributed by atoms with E-state index in [0.29, 0.717) is 0 Å². The zero-order chi connectivity index (χ0) is 28.5. The fourth-order valence-corrected chi connectivity index (χ4v) is 5.00. The van der Waals surface area contributed by atoms with E-state index in [2.05, 4.69) is 0 Å². The van der Waals surface area contributed by atoms with Gasteiger partial charge in [-0.15, -0.1) is 11.6 Å². The molecule has 0 amide bonds. The first-order valence-corrected chi connectivity index (χ1v) is 13.7. The summed E-state index contributed by atoms with van der Waals surface area (Å²) < 4.78 is 52.2. The molecule has 0 unspecified atom stereocenters. The highest BCUT2D eigenvalue weighted by Gasteiger charge is 2.22. The Morgan fingerprint density at radius 3 is 1.58 bits per heavy atom. The first-order valence-electron chi connectivity index (χ1n) is 11.0. The number of carbonyl (C=O) groups excluding carboxylic acids is 3. The van der Waals surface area contributed by atoms with Gasteiger partial charge in [0.05, 0.1) is 25.7 Å². The standard InChI is InChI=1S/C24H25Cl3O10S/c1-14(28)33-12-18(37-16(3)30)13-35-24-7-5-20(9-22(24)27)38(31,32)19-4-6-23(21(26)8-19)34-11-17(10-25)36-15(2)29/h4-9,17-18H,10-13H2,1-3H3/t17-,18-/m0/s1. The van der Waals surface area contributed by atoms with Crippen molar-refractivity contribution < 1.29 is 46.5 Å². The van der Waals surface area contributed by atoms with Crippen LogP contribution in [-0.4, -0.2) is 64.2 Å². The number of ether oxygens (including phenoxy) is 5. The van der Waals surface area contributed by atoms with Crippen LogP contribution in [0.1, 0.15) is 20.8 Å². The van der Waals surface area contributed by atoms with Crippen molar-refractivity contribution in [3.8, 4) is 11.5 Å². The van der Waals surface area contributed by atoms with Crippen LogP contribution >= 0.6 is 34.8 Å². The maximum atomic E-state index is 13.2. The number of hydrogen-bond acceptors (Lipinski definition) is 10. The predicted octanol–water partition coefficient (Wildman–Crippen LogP) is 4.25. The molecule has 0 heterocycles. The summed E-state index contributed by atoms with van der Waals surface area (Å²) >= 11 is 18.2. The van der Waals surface area contributed by atoms with Crippen LogP contribution in [0.4, 0.5) is 0 Å². The van der Waals surface area contributed by atoms with Gasteiger partial charge in [-0.05, 0) is 36.4 Å². The second kappa shape index (κ2) is 14.4. The molecule has 0 N–H and O–H groups in total. The Kier molecular flexibility index (Phi) is 12.0. The van der Waals surface area contributed by atoms with Crippen molar-refractivity contribution >= 4 is 62.5 Å². The molecule has 38 heavy (non-hydrogen) atoms. The zero-order valence-corrected chi connectivity index (χ0v) is 23.7. The van der Waals surface area contributed by atoms with Crippen molar-refractivity contribution in [1.82, 2.24) is 0 Å². The maximum Gasteiger partial charge on any atom is 0.303 e. The van der Waals surface area contributed by atoms with E-state index in [4.69, 9.17) is 58.5 Å². The van der Waals surface area contributed by atoms with Crippen molar-refractivity contribution in [3.63, 3.8) is 0 Å². The Morgan fingerprint density at radius 2 is 1.18 bits per heavy atom. The first-order chi connectivity index (χ1) is 17.8. The van der Waals surface area contributed by atoms with Crippen LogP contribution in [0.15, 0.2) is 46.2 Å². The zero-order valence-electron chi connectivity index (χ0n) is 20.6. The van der Waals surface area contributed by atoms with E-state index in [1.165, 1.54) is 57.2 Å². The minimum Gasteiger partial charge on any atom is -0.488 e. The fraction of sp³-hybridized carbons (Fsp3) is 0.375. The molecule has 0 fully saturated rings. The quantitative estimate of drug-likeness (QED) is 0.184. The normalized spacial score (nSPS) is 12.7. The minimum atomic E-state index is -4.03. The summed E-state index contributed by atoms with van der Waals surface area (Å²) in [5, 5.41) is -0.0126. The summed E-state index contributed by atoms with van der Waals surface area (Å²) in [6.45, 7) is 3.14. The van der Waals surface area contributed by atoms with Gasteiger partial charge >= 0.3 is 17.9 Å². The summed E-state index contributed by atoms with van der Waals surface area (Å²) in [6, 6.07) is 7.70. The predicted molar refractivity (Wildman–Crippen MR) is 138 cm³/mol. The van der Waals surface area contributed by atoms with E-state index in [0.717, 1.165) is 0 Å². The number of hydrogen-bond donors (Lipinski definition) is 0. The van der Waals surface area contributed by atoms with Crippen molar-refractivity contribution in [2.24, 2.45) is 0 Å². The average Bonchev–Trinajstić information content (AvgIpc) is 2.83. The molecule has 208 valence electrons. The monoisotopic (exact) mass is 610 g/mol. The molecule has 0 bridgehead atoms. The summed E-state index contributed by atoms with van der Waals surface area (Å²) in [7, 11) is -4.03. The van der Waals surface area contributed by atoms with E-state index in [1.807, 2.05) is 0 Å². The lowest BCUT2D eigenvalue weighted by molar-refractivity contribution is -0.158. The lowest BCUT2D eigenvalue weighted by Gasteiger charge is -2.18. The van der Waals surface area contributed by atoms with Crippen LogP contribution in [0, 0.1) is 0 Å². The second-order valence-electron chi connectivity index (χ2n) is 7.73. The Labute approximate surface area is 234 Å². The molecule has 0 aliphatic carbocycles. The number of rotatable bonds is 13. The lowest BCUT2D eigenvalue weighted by Crippen LogP contribution is -2.29. The number of sulfone groups is 1. The second-order valence-corrected chi connectivity index (χ2v) is 10.8. The highest BCUT2D eigenvalue weighted by Crippen LogP contribution is 2.33. The molecule has 0 aromatic heterocycles. The molecule has 0 spiro atoms. The highest BCUT2D eigenvalue weighted by molar-refractivity contribution is 7.91. The van der Waals surface area contributed by atoms with Gasteiger partial charge in [-0.1, -0.05) is 23.2 Å². The van der Waals surface area contributed by atoms with Gasteiger partial charge in [-0.2, -0.15) is 0 Å². The molecule has 2 aromatic rings. The minimum absolute atomic E-state index is 0.000726. The van der Waals surface area contributed by atoms with Gasteiger partial charge in [0.2, 0.25) is 9.84 Å². The fourth-order valence-electron chi connectivity index (χ4n) is 2.94. The summed E-state index contributed by atoms with van der Waals surface area (Å²) in [5.41, 5.74) is 0. The Balaban J connectivity index is 2.14. The first kappa shape index (κ1) is 31.5.